The fourth-order valence-electron chi connectivity index (χ4n) is 4.98. The first-order valence-corrected chi connectivity index (χ1v) is 12.2. The van der Waals surface area contributed by atoms with E-state index in [4.69, 9.17) is 16.6 Å². The molecule has 2 aromatic heterocycles. The van der Waals surface area contributed by atoms with E-state index >= 15 is 0 Å². The molecule has 6 rings (SSSR count). The van der Waals surface area contributed by atoms with Gasteiger partial charge >= 0.3 is 0 Å². The lowest BCUT2D eigenvalue weighted by atomic mass is 10.2. The van der Waals surface area contributed by atoms with E-state index in [0.29, 0.717) is 18.3 Å². The van der Waals surface area contributed by atoms with Gasteiger partial charge in [-0.3, -0.25) is 14.6 Å². The highest BCUT2D eigenvalue weighted by atomic mass is 35.5. The van der Waals surface area contributed by atoms with Crippen LogP contribution in [0.5, 0.6) is 0 Å². The Morgan fingerprint density at radius 2 is 1.76 bits per heavy atom. The Morgan fingerprint density at radius 1 is 0.971 bits per heavy atom. The number of anilines is 4. The second-order valence-electron chi connectivity index (χ2n) is 9.24. The van der Waals surface area contributed by atoms with Crippen LogP contribution in [0.4, 0.5) is 23.0 Å². The van der Waals surface area contributed by atoms with E-state index in [-0.39, 0.29) is 5.91 Å². The van der Waals surface area contributed by atoms with Crippen LogP contribution in [0.1, 0.15) is 28.8 Å². The molecule has 2 fully saturated rings. The van der Waals surface area contributed by atoms with Gasteiger partial charge in [0.05, 0.1) is 17.9 Å². The molecule has 1 saturated heterocycles. The summed E-state index contributed by atoms with van der Waals surface area (Å²) in [6.45, 7) is 6.07. The second kappa shape index (κ2) is 8.56. The summed E-state index contributed by atoms with van der Waals surface area (Å²) in [5.41, 5.74) is 3.73. The number of pyridine rings is 2. The third-order valence-corrected chi connectivity index (χ3v) is 7.13. The van der Waals surface area contributed by atoms with E-state index in [1.54, 1.807) is 6.20 Å². The van der Waals surface area contributed by atoms with Crippen LogP contribution < -0.4 is 14.7 Å². The van der Waals surface area contributed by atoms with Gasteiger partial charge < -0.3 is 9.80 Å². The van der Waals surface area contributed by atoms with E-state index in [0.717, 1.165) is 72.6 Å². The number of nitrogens with zero attached hydrogens (tertiary/aromatic N) is 6. The molecule has 1 amide bonds. The highest BCUT2D eigenvalue weighted by Crippen LogP contribution is 2.45. The van der Waals surface area contributed by atoms with Gasteiger partial charge in [0, 0.05) is 55.3 Å². The van der Waals surface area contributed by atoms with E-state index in [9.17, 15) is 4.79 Å². The fraction of sp³-hybridized carbons (Fsp3) is 0.346. The molecular weight excluding hydrogens is 448 g/mol. The van der Waals surface area contributed by atoms with Crippen LogP contribution in [0.2, 0.25) is 5.02 Å². The molecule has 1 aliphatic carbocycles. The van der Waals surface area contributed by atoms with Crippen molar-refractivity contribution in [3.05, 3.63) is 71.0 Å². The number of fused-ring (bicyclic) bond motifs is 2. The molecule has 34 heavy (non-hydrogen) atoms. The smallest absolute Gasteiger partial charge is 0.263 e. The third-order valence-electron chi connectivity index (χ3n) is 6.89. The molecule has 0 spiro atoms. The highest BCUT2D eigenvalue weighted by Gasteiger charge is 2.41. The number of aromatic nitrogens is 2. The molecule has 174 valence electrons. The Hall–Kier alpha value is -3.16. The summed E-state index contributed by atoms with van der Waals surface area (Å²) in [7, 11) is 0. The predicted octanol–water partition coefficient (Wildman–Crippen LogP) is 4.48. The Kier molecular flexibility index (Phi) is 5.38. The van der Waals surface area contributed by atoms with Crippen molar-refractivity contribution in [1.82, 2.24) is 14.9 Å². The predicted molar refractivity (Wildman–Crippen MR) is 135 cm³/mol. The maximum atomic E-state index is 13.9. The number of amides is 1. The zero-order valence-corrected chi connectivity index (χ0v) is 19.9. The van der Waals surface area contributed by atoms with Gasteiger partial charge in [0.25, 0.3) is 5.91 Å². The van der Waals surface area contributed by atoms with Crippen molar-refractivity contribution in [2.45, 2.75) is 25.8 Å². The van der Waals surface area contributed by atoms with Crippen molar-refractivity contribution in [2.24, 2.45) is 0 Å². The average Bonchev–Trinajstić information content (AvgIpc) is 3.69. The molecule has 3 aliphatic rings. The van der Waals surface area contributed by atoms with Gasteiger partial charge in [-0.15, -0.1) is 0 Å². The SMILES string of the molecule is Cc1ccnc2c1N(CN1CCN(c3cccc(Cl)c3)CC1)C(=O)c1cccnc1N2C1CC1. The van der Waals surface area contributed by atoms with Crippen LogP contribution in [0.25, 0.3) is 0 Å². The lowest BCUT2D eigenvalue weighted by molar-refractivity contribution is 0.0966. The Morgan fingerprint density at radius 3 is 2.53 bits per heavy atom. The molecule has 3 aromatic rings. The Bertz CT molecular complexity index is 1240. The van der Waals surface area contributed by atoms with Crippen molar-refractivity contribution in [2.75, 3.05) is 47.5 Å². The molecule has 1 aromatic carbocycles. The van der Waals surface area contributed by atoms with Crippen LogP contribution in [0.15, 0.2) is 54.9 Å². The van der Waals surface area contributed by atoms with E-state index in [1.165, 1.54) is 0 Å². The maximum absolute atomic E-state index is 13.9. The van der Waals surface area contributed by atoms with Gasteiger partial charge in [-0.05, 0) is 61.7 Å². The molecular formula is C26H27ClN6O. The van der Waals surface area contributed by atoms with Crippen LogP contribution >= 0.6 is 11.6 Å². The Balaban J connectivity index is 1.31. The molecule has 0 N–H and O–H groups in total. The maximum Gasteiger partial charge on any atom is 0.263 e. The molecule has 0 atom stereocenters. The fourth-order valence-corrected chi connectivity index (χ4v) is 5.17. The van der Waals surface area contributed by atoms with Crippen molar-refractivity contribution >= 4 is 40.5 Å². The number of hydrogen-bond donors (Lipinski definition) is 0. The van der Waals surface area contributed by atoms with E-state index < -0.39 is 0 Å². The first-order chi connectivity index (χ1) is 16.6. The summed E-state index contributed by atoms with van der Waals surface area (Å²) in [5, 5.41) is 0.752. The van der Waals surface area contributed by atoms with Crippen LogP contribution in [0.3, 0.4) is 0 Å². The monoisotopic (exact) mass is 474 g/mol. The summed E-state index contributed by atoms with van der Waals surface area (Å²) >= 11 is 6.20. The van der Waals surface area contributed by atoms with Crippen LogP contribution in [-0.4, -0.2) is 59.7 Å². The largest absolute Gasteiger partial charge is 0.369 e. The van der Waals surface area contributed by atoms with Gasteiger partial charge in [0.1, 0.15) is 5.82 Å². The zero-order valence-electron chi connectivity index (χ0n) is 19.2. The van der Waals surface area contributed by atoms with Gasteiger partial charge in [0.2, 0.25) is 0 Å². The summed E-state index contributed by atoms with van der Waals surface area (Å²) in [6.07, 6.45) is 5.78. The summed E-state index contributed by atoms with van der Waals surface area (Å²) in [4.78, 5) is 32.1. The lowest BCUT2D eigenvalue weighted by Gasteiger charge is -2.38. The number of aryl methyl sites for hydroxylation is 1. The number of hydrogen-bond acceptors (Lipinski definition) is 6. The minimum Gasteiger partial charge on any atom is -0.369 e. The number of benzene rings is 1. The summed E-state index contributed by atoms with van der Waals surface area (Å²) in [5.74, 6) is 1.55. The number of piperazine rings is 1. The van der Waals surface area contributed by atoms with E-state index in [2.05, 4.69) is 32.7 Å². The lowest BCUT2D eigenvalue weighted by Crippen LogP contribution is -2.51. The topological polar surface area (TPSA) is 55.8 Å². The molecule has 8 heteroatoms. The molecule has 1 saturated carbocycles. The second-order valence-corrected chi connectivity index (χ2v) is 9.67. The average molecular weight is 475 g/mol. The third kappa shape index (κ3) is 3.79. The molecule has 2 aliphatic heterocycles. The van der Waals surface area contributed by atoms with Gasteiger partial charge in [-0.2, -0.15) is 0 Å². The van der Waals surface area contributed by atoms with Crippen molar-refractivity contribution in [1.29, 1.82) is 0 Å². The van der Waals surface area contributed by atoms with Gasteiger partial charge in [0.15, 0.2) is 5.82 Å². The Labute approximate surface area is 204 Å². The highest BCUT2D eigenvalue weighted by molar-refractivity contribution is 6.30. The molecule has 7 nitrogen and oxygen atoms in total. The normalized spacial score (nSPS) is 18.5. The zero-order chi connectivity index (χ0) is 23.2. The molecule has 0 bridgehead atoms. The first-order valence-electron chi connectivity index (χ1n) is 11.8. The van der Waals surface area contributed by atoms with Crippen LogP contribution in [0, 0.1) is 6.92 Å². The summed E-state index contributed by atoms with van der Waals surface area (Å²) < 4.78 is 0. The van der Waals surface area contributed by atoms with Crippen molar-refractivity contribution < 1.29 is 4.79 Å². The summed E-state index contributed by atoms with van der Waals surface area (Å²) in [6, 6.07) is 14.1. The molecule has 0 radical (unpaired) electrons. The number of halogens is 1. The number of rotatable bonds is 4. The van der Waals surface area contributed by atoms with Crippen molar-refractivity contribution in [3.63, 3.8) is 0 Å². The number of carbonyl (C=O) groups excluding carboxylic acids is 1. The standard InChI is InChI=1S/C26H27ClN6O/c1-18-9-11-29-25-23(18)32(26(34)22-6-3-10-28-24(22)33(25)20-7-8-20)17-30-12-14-31(15-13-30)21-5-2-4-19(27)16-21/h2-6,9-11,16,20H,7-8,12-15,17H2,1H3. The number of carbonyl (C=O) groups is 1. The minimum absolute atomic E-state index is 0.0131. The quantitative estimate of drug-likeness (QED) is 0.555. The van der Waals surface area contributed by atoms with Gasteiger partial charge in [-0.1, -0.05) is 17.7 Å². The van der Waals surface area contributed by atoms with Gasteiger partial charge in [-0.25, -0.2) is 9.97 Å². The molecule has 0 unspecified atom stereocenters. The van der Waals surface area contributed by atoms with E-state index in [1.807, 2.05) is 47.5 Å². The molecule has 4 heterocycles. The van der Waals surface area contributed by atoms with Crippen molar-refractivity contribution in [3.8, 4) is 0 Å². The minimum atomic E-state index is -0.0131. The van der Waals surface area contributed by atoms with Crippen LogP contribution in [-0.2, 0) is 0 Å². The first kappa shape index (κ1) is 21.4.